The number of aliphatic carboxylic acids is 1. The number of carbonyl (C=O) groups excluding carboxylic acids is 2. The predicted octanol–water partition coefficient (Wildman–Crippen LogP) is 2.13. The van der Waals surface area contributed by atoms with Crippen LogP contribution in [0.4, 0.5) is 10.1 Å². The smallest absolute Gasteiger partial charge is 0.330 e. The number of carboxylic acids is 1. The van der Waals surface area contributed by atoms with Gasteiger partial charge in [-0.2, -0.15) is 0 Å². The Balaban J connectivity index is 1.72. The molecule has 2 aromatic rings. The average Bonchev–Trinajstić information content (AvgIpc) is 3.08. The largest absolute Gasteiger partial charge is 0.497 e. The zero-order valence-electron chi connectivity index (χ0n) is 15.1. The van der Waals surface area contributed by atoms with E-state index in [4.69, 9.17) is 4.74 Å². The summed E-state index contributed by atoms with van der Waals surface area (Å²) in [4.78, 5) is 38.2. The molecule has 0 spiro atoms. The van der Waals surface area contributed by atoms with Crippen LogP contribution in [0.5, 0.6) is 5.75 Å². The van der Waals surface area contributed by atoms with Crippen molar-refractivity contribution in [1.82, 2.24) is 5.32 Å². The lowest BCUT2D eigenvalue weighted by Crippen LogP contribution is -2.41. The van der Waals surface area contributed by atoms with Crippen LogP contribution in [-0.2, 0) is 14.4 Å². The quantitative estimate of drug-likeness (QED) is 0.742. The van der Waals surface area contributed by atoms with Crippen LogP contribution in [0.25, 0.3) is 0 Å². The lowest BCUT2D eigenvalue weighted by molar-refractivity contribution is -0.143. The summed E-state index contributed by atoms with van der Waals surface area (Å²) in [6, 6.07) is 10.4. The molecular formula is C20H19FN2O5. The summed E-state index contributed by atoms with van der Waals surface area (Å²) < 4.78 is 18.1. The molecule has 7 nitrogen and oxygen atoms in total. The third-order valence-corrected chi connectivity index (χ3v) is 4.64. The van der Waals surface area contributed by atoms with Crippen LogP contribution in [0, 0.1) is 11.7 Å². The molecule has 2 unspecified atom stereocenters. The number of methoxy groups -OCH3 is 1. The van der Waals surface area contributed by atoms with E-state index in [0.29, 0.717) is 23.5 Å². The van der Waals surface area contributed by atoms with Crippen molar-refractivity contribution in [3.8, 4) is 5.75 Å². The predicted molar refractivity (Wildman–Crippen MR) is 98.4 cm³/mol. The number of anilines is 1. The number of hydrogen-bond donors (Lipinski definition) is 2. The first-order valence-electron chi connectivity index (χ1n) is 8.65. The number of rotatable bonds is 6. The number of carbonyl (C=O) groups is 3. The van der Waals surface area contributed by atoms with E-state index in [9.17, 15) is 23.9 Å². The van der Waals surface area contributed by atoms with Crippen molar-refractivity contribution >= 4 is 23.5 Å². The molecule has 0 saturated carbocycles. The first-order valence-corrected chi connectivity index (χ1v) is 8.65. The lowest BCUT2D eigenvalue weighted by Gasteiger charge is -2.19. The van der Waals surface area contributed by atoms with Crippen LogP contribution in [0.1, 0.15) is 18.0 Å². The van der Waals surface area contributed by atoms with Gasteiger partial charge >= 0.3 is 5.97 Å². The molecular weight excluding hydrogens is 367 g/mol. The number of ether oxygens (including phenoxy) is 1. The van der Waals surface area contributed by atoms with Crippen molar-refractivity contribution in [2.75, 3.05) is 18.6 Å². The fraction of sp³-hybridized carbons (Fsp3) is 0.250. The molecule has 2 aromatic carbocycles. The number of carboxylic acid groups (broad SMARTS) is 1. The van der Waals surface area contributed by atoms with Crippen molar-refractivity contribution < 1.29 is 28.6 Å². The zero-order chi connectivity index (χ0) is 20.3. The highest BCUT2D eigenvalue weighted by Crippen LogP contribution is 2.26. The topological polar surface area (TPSA) is 95.9 Å². The summed E-state index contributed by atoms with van der Waals surface area (Å²) in [5.74, 6) is -3.20. The Bertz CT molecular complexity index is 882. The maximum absolute atomic E-state index is 13.1. The van der Waals surface area contributed by atoms with Gasteiger partial charge in [0.2, 0.25) is 11.8 Å². The molecule has 146 valence electrons. The van der Waals surface area contributed by atoms with Crippen molar-refractivity contribution in [1.29, 1.82) is 0 Å². The molecule has 2 amide bonds. The molecule has 2 N–H and O–H groups in total. The van der Waals surface area contributed by atoms with Gasteiger partial charge in [0.05, 0.1) is 7.11 Å². The number of nitrogens with zero attached hydrogens (tertiary/aromatic N) is 1. The molecule has 1 heterocycles. The minimum Gasteiger partial charge on any atom is -0.497 e. The number of benzene rings is 2. The van der Waals surface area contributed by atoms with E-state index in [-0.39, 0.29) is 6.42 Å². The van der Waals surface area contributed by atoms with Crippen LogP contribution in [-0.4, -0.2) is 36.5 Å². The van der Waals surface area contributed by atoms with E-state index in [0.717, 1.165) is 0 Å². The molecule has 2 atom stereocenters. The van der Waals surface area contributed by atoms with Crippen molar-refractivity contribution in [2.24, 2.45) is 5.92 Å². The second-order valence-electron chi connectivity index (χ2n) is 6.36. The number of halogens is 1. The summed E-state index contributed by atoms with van der Waals surface area (Å²) >= 11 is 0. The van der Waals surface area contributed by atoms with Crippen LogP contribution in [0.3, 0.4) is 0 Å². The number of hydrogen-bond acceptors (Lipinski definition) is 4. The Morgan fingerprint density at radius 2 is 1.82 bits per heavy atom. The van der Waals surface area contributed by atoms with Gasteiger partial charge in [-0.3, -0.25) is 9.59 Å². The molecule has 1 aliphatic heterocycles. The Kier molecular flexibility index (Phi) is 5.58. The second-order valence-corrected chi connectivity index (χ2v) is 6.36. The number of nitrogens with one attached hydrogen (secondary N) is 1. The Labute approximate surface area is 160 Å². The third kappa shape index (κ3) is 3.95. The standard InChI is InChI=1S/C20H19FN2O5/c1-28-15-8-2-12(3-9-15)17(20(26)27)22-18(24)16-10-11-23(19(16)25)14-6-4-13(21)5-7-14/h2-9,16-17H,10-11H2,1H3,(H,22,24)(H,26,27). The molecule has 8 heteroatoms. The average molecular weight is 386 g/mol. The second kappa shape index (κ2) is 8.08. The summed E-state index contributed by atoms with van der Waals surface area (Å²) in [5.41, 5.74) is 0.856. The Morgan fingerprint density at radius 3 is 2.39 bits per heavy atom. The molecule has 28 heavy (non-hydrogen) atoms. The highest BCUT2D eigenvalue weighted by atomic mass is 19.1. The summed E-state index contributed by atoms with van der Waals surface area (Å²) in [6.45, 7) is 0.294. The minimum atomic E-state index is -1.29. The highest BCUT2D eigenvalue weighted by Gasteiger charge is 2.39. The Hall–Kier alpha value is -3.42. The minimum absolute atomic E-state index is 0.247. The van der Waals surface area contributed by atoms with E-state index in [1.165, 1.54) is 36.3 Å². The fourth-order valence-electron chi connectivity index (χ4n) is 3.13. The van der Waals surface area contributed by atoms with E-state index < -0.39 is 35.6 Å². The van der Waals surface area contributed by atoms with Gasteiger partial charge < -0.3 is 20.1 Å². The van der Waals surface area contributed by atoms with Gasteiger partial charge in [-0.15, -0.1) is 0 Å². The first kappa shape index (κ1) is 19.3. The Morgan fingerprint density at radius 1 is 1.18 bits per heavy atom. The molecule has 0 radical (unpaired) electrons. The van der Waals surface area contributed by atoms with Gasteiger partial charge in [-0.05, 0) is 48.4 Å². The molecule has 1 saturated heterocycles. The van der Waals surface area contributed by atoms with E-state index in [1.807, 2.05) is 0 Å². The van der Waals surface area contributed by atoms with Gasteiger partial charge in [0.25, 0.3) is 0 Å². The monoisotopic (exact) mass is 386 g/mol. The first-order chi connectivity index (χ1) is 13.4. The molecule has 1 fully saturated rings. The van der Waals surface area contributed by atoms with Crippen LogP contribution < -0.4 is 15.0 Å². The molecule has 0 aliphatic carbocycles. The van der Waals surface area contributed by atoms with Gasteiger partial charge in [-0.25, -0.2) is 9.18 Å². The van der Waals surface area contributed by atoms with E-state index >= 15 is 0 Å². The van der Waals surface area contributed by atoms with Crippen LogP contribution in [0.15, 0.2) is 48.5 Å². The SMILES string of the molecule is COc1ccc(C(NC(=O)C2CCN(c3ccc(F)cc3)C2=O)C(=O)O)cc1. The highest BCUT2D eigenvalue weighted by molar-refractivity contribution is 6.10. The van der Waals surface area contributed by atoms with Crippen LogP contribution >= 0.6 is 0 Å². The fourth-order valence-corrected chi connectivity index (χ4v) is 3.13. The van der Waals surface area contributed by atoms with E-state index in [1.54, 1.807) is 24.3 Å². The van der Waals surface area contributed by atoms with Gasteiger partial charge in [0.1, 0.15) is 17.5 Å². The summed E-state index contributed by atoms with van der Waals surface area (Å²) in [6.07, 6.45) is 0.247. The maximum Gasteiger partial charge on any atom is 0.330 e. The van der Waals surface area contributed by atoms with Gasteiger partial charge in [0, 0.05) is 12.2 Å². The van der Waals surface area contributed by atoms with Crippen molar-refractivity contribution in [3.05, 3.63) is 59.9 Å². The molecule has 0 aromatic heterocycles. The molecule has 3 rings (SSSR count). The van der Waals surface area contributed by atoms with Gasteiger partial charge in [0.15, 0.2) is 6.04 Å². The van der Waals surface area contributed by atoms with Crippen molar-refractivity contribution in [2.45, 2.75) is 12.5 Å². The van der Waals surface area contributed by atoms with E-state index in [2.05, 4.69) is 5.32 Å². The molecule has 0 bridgehead atoms. The maximum atomic E-state index is 13.1. The summed E-state index contributed by atoms with van der Waals surface area (Å²) in [5, 5.41) is 11.9. The number of amides is 2. The molecule has 1 aliphatic rings. The normalized spacial score (nSPS) is 17.3. The zero-order valence-corrected chi connectivity index (χ0v) is 15.1. The van der Waals surface area contributed by atoms with Crippen molar-refractivity contribution in [3.63, 3.8) is 0 Å². The van der Waals surface area contributed by atoms with Crippen LogP contribution in [0.2, 0.25) is 0 Å². The summed E-state index contributed by atoms with van der Waals surface area (Å²) in [7, 11) is 1.49. The lowest BCUT2D eigenvalue weighted by atomic mass is 10.0. The van der Waals surface area contributed by atoms with Gasteiger partial charge in [-0.1, -0.05) is 12.1 Å². The third-order valence-electron chi connectivity index (χ3n) is 4.64.